The van der Waals surface area contributed by atoms with E-state index in [0.717, 1.165) is 12.1 Å². The van der Waals surface area contributed by atoms with E-state index in [1.807, 2.05) is 0 Å². The molecule has 0 aliphatic carbocycles. The van der Waals surface area contributed by atoms with Crippen LogP contribution in [-0.4, -0.2) is 73.1 Å². The Morgan fingerprint density at radius 1 is 0.879 bits per heavy atom. The van der Waals surface area contributed by atoms with Gasteiger partial charge in [-0.15, -0.1) is 0 Å². The average molecular weight is 464 g/mol. The van der Waals surface area contributed by atoms with Gasteiger partial charge in [0.15, 0.2) is 22.7 Å². The van der Waals surface area contributed by atoms with Gasteiger partial charge in [0, 0.05) is 23.8 Å². The lowest BCUT2D eigenvalue weighted by molar-refractivity contribution is -0.386. The number of benzene rings is 2. The van der Waals surface area contributed by atoms with Gasteiger partial charge in [-0.3, -0.25) is 4.79 Å². The van der Waals surface area contributed by atoms with Crippen molar-refractivity contribution in [3.63, 3.8) is 0 Å². The molecule has 33 heavy (non-hydrogen) atoms. The third kappa shape index (κ3) is 4.30. The molecule has 0 amide bonds. The summed E-state index contributed by atoms with van der Waals surface area (Å²) in [6, 6.07) is 7.13. The molecule has 176 valence electrons. The van der Waals surface area contributed by atoms with Gasteiger partial charge in [0.25, 0.3) is 0 Å². The first-order chi connectivity index (χ1) is 15.7. The fourth-order valence-electron chi connectivity index (χ4n) is 3.36. The van der Waals surface area contributed by atoms with Gasteiger partial charge in [-0.25, -0.2) is 0 Å². The smallest absolute Gasteiger partial charge is 0.232 e. The number of phenolic OH excluding ortho intramolecular Hbond substituents is 3. The van der Waals surface area contributed by atoms with Crippen LogP contribution in [0.4, 0.5) is 0 Å². The summed E-state index contributed by atoms with van der Waals surface area (Å²) in [5.41, 5.74) is -0.442. The van der Waals surface area contributed by atoms with Gasteiger partial charge in [0.05, 0.1) is 6.61 Å². The maximum atomic E-state index is 12.5. The maximum Gasteiger partial charge on any atom is 0.232 e. The minimum atomic E-state index is -1.72. The molecule has 1 aromatic heterocycles. The van der Waals surface area contributed by atoms with Crippen LogP contribution in [0.15, 0.2) is 45.6 Å². The Morgan fingerprint density at radius 2 is 1.64 bits per heavy atom. The zero-order valence-corrected chi connectivity index (χ0v) is 16.7. The lowest BCUT2D eigenvalue weighted by Gasteiger charge is -2.38. The van der Waals surface area contributed by atoms with E-state index in [1.165, 1.54) is 24.3 Å². The Balaban J connectivity index is 1.62. The van der Waals surface area contributed by atoms with Gasteiger partial charge in [-0.1, -0.05) is 0 Å². The number of hydrogen-bond acceptors (Lipinski definition) is 12. The second-order valence-electron chi connectivity index (χ2n) is 7.37. The van der Waals surface area contributed by atoms with Crippen molar-refractivity contribution >= 4 is 11.0 Å². The largest absolute Gasteiger partial charge is 0.507 e. The summed E-state index contributed by atoms with van der Waals surface area (Å²) in [5, 5.41) is 68.1. The SMILES string of the molecule is O=c1cc(-c2ccc(O)c(O)c2)oc2cc(OO[C@H]3O[C@@H](CO)[C@H](O)[C@H](O)[C@@H]3O)cc(O)c12. The number of rotatable bonds is 5. The number of aromatic hydroxyl groups is 3. The summed E-state index contributed by atoms with van der Waals surface area (Å²) < 4.78 is 10.8. The molecule has 4 rings (SSSR count). The van der Waals surface area contributed by atoms with E-state index in [0.29, 0.717) is 0 Å². The molecule has 3 aromatic rings. The normalized spacial score (nSPS) is 25.3. The molecule has 0 spiro atoms. The minimum absolute atomic E-state index is 0.0224. The molecule has 1 fully saturated rings. The third-order valence-corrected chi connectivity index (χ3v) is 5.13. The molecule has 0 radical (unpaired) electrons. The van der Waals surface area contributed by atoms with Gasteiger partial charge in [-0.2, -0.15) is 4.89 Å². The minimum Gasteiger partial charge on any atom is -0.507 e. The zero-order chi connectivity index (χ0) is 23.9. The van der Waals surface area contributed by atoms with Crippen molar-refractivity contribution in [2.75, 3.05) is 6.61 Å². The van der Waals surface area contributed by atoms with Crippen molar-refractivity contribution in [3.05, 3.63) is 46.6 Å². The number of aliphatic hydroxyl groups is 4. The molecule has 0 bridgehead atoms. The molecule has 2 heterocycles. The van der Waals surface area contributed by atoms with Crippen molar-refractivity contribution in [3.8, 4) is 34.3 Å². The van der Waals surface area contributed by atoms with Gasteiger partial charge < -0.3 is 49.8 Å². The van der Waals surface area contributed by atoms with Crippen LogP contribution in [0.5, 0.6) is 23.0 Å². The first kappa shape index (κ1) is 22.8. The van der Waals surface area contributed by atoms with Crippen LogP contribution in [0.25, 0.3) is 22.3 Å². The molecule has 1 saturated heterocycles. The van der Waals surface area contributed by atoms with Crippen LogP contribution in [-0.2, 0) is 9.62 Å². The van der Waals surface area contributed by atoms with E-state index >= 15 is 0 Å². The fraction of sp³-hybridized carbons (Fsp3) is 0.286. The quantitative estimate of drug-likeness (QED) is 0.148. The van der Waals surface area contributed by atoms with Crippen molar-refractivity contribution < 1.29 is 54.7 Å². The molecular formula is C21H20O12. The molecule has 5 atom stereocenters. The number of ether oxygens (including phenoxy) is 1. The highest BCUT2D eigenvalue weighted by molar-refractivity contribution is 5.86. The molecule has 12 nitrogen and oxygen atoms in total. The topological polar surface area (TPSA) is 200 Å². The van der Waals surface area contributed by atoms with Gasteiger partial charge >= 0.3 is 0 Å². The second kappa shape index (κ2) is 8.86. The zero-order valence-electron chi connectivity index (χ0n) is 16.7. The summed E-state index contributed by atoms with van der Waals surface area (Å²) >= 11 is 0. The van der Waals surface area contributed by atoms with Crippen LogP contribution >= 0.6 is 0 Å². The molecule has 12 heteroatoms. The summed E-state index contributed by atoms with van der Waals surface area (Å²) in [6.45, 7) is -0.664. The highest BCUT2D eigenvalue weighted by atomic mass is 17.2. The third-order valence-electron chi connectivity index (χ3n) is 5.13. The first-order valence-electron chi connectivity index (χ1n) is 9.66. The highest BCUT2D eigenvalue weighted by Gasteiger charge is 2.45. The summed E-state index contributed by atoms with van der Waals surface area (Å²) in [6.07, 6.45) is -7.80. The summed E-state index contributed by atoms with van der Waals surface area (Å²) in [4.78, 5) is 22.5. The van der Waals surface area contributed by atoms with Crippen LogP contribution in [0.3, 0.4) is 0 Å². The van der Waals surface area contributed by atoms with Crippen LogP contribution in [0.1, 0.15) is 0 Å². The van der Waals surface area contributed by atoms with E-state index in [2.05, 4.69) is 0 Å². The number of hydrogen-bond donors (Lipinski definition) is 7. The van der Waals surface area contributed by atoms with Crippen molar-refractivity contribution in [1.29, 1.82) is 0 Å². The van der Waals surface area contributed by atoms with E-state index in [9.17, 15) is 40.5 Å². The predicted octanol–water partition coefficient (Wildman–Crippen LogP) is -0.313. The number of fused-ring (bicyclic) bond motifs is 1. The lowest BCUT2D eigenvalue weighted by atomic mass is 9.99. The molecule has 1 aliphatic rings. The van der Waals surface area contributed by atoms with Crippen LogP contribution in [0.2, 0.25) is 0 Å². The molecule has 0 unspecified atom stereocenters. The Hall–Kier alpha value is -3.39. The lowest BCUT2D eigenvalue weighted by Crippen LogP contribution is -2.59. The monoisotopic (exact) mass is 464 g/mol. The van der Waals surface area contributed by atoms with Gasteiger partial charge in [-0.05, 0) is 18.2 Å². The highest BCUT2D eigenvalue weighted by Crippen LogP contribution is 2.34. The van der Waals surface area contributed by atoms with Gasteiger partial charge in [0.1, 0.15) is 46.9 Å². The van der Waals surface area contributed by atoms with E-state index < -0.39 is 54.2 Å². The fourth-order valence-corrected chi connectivity index (χ4v) is 3.36. The Bertz CT molecular complexity index is 1220. The molecular weight excluding hydrogens is 444 g/mol. The van der Waals surface area contributed by atoms with Gasteiger partial charge in [0.2, 0.25) is 6.29 Å². The van der Waals surface area contributed by atoms with E-state index in [-0.39, 0.29) is 33.8 Å². The van der Waals surface area contributed by atoms with Crippen LogP contribution in [0, 0.1) is 0 Å². The van der Waals surface area contributed by atoms with Crippen molar-refractivity contribution in [2.24, 2.45) is 0 Å². The molecule has 2 aromatic carbocycles. The Labute approximate surface area is 184 Å². The molecule has 1 aliphatic heterocycles. The first-order valence-corrected chi connectivity index (χ1v) is 9.66. The standard InChI is InChI=1S/C21H20O12/c22-7-16-18(27)19(28)20(29)21(31-16)33-32-9-4-12(25)17-13(26)6-14(30-15(17)5-9)8-1-2-10(23)11(24)3-8/h1-6,16,18-25,27-29H,7H2/t16-,18-,19-,20-,21+/m0/s1. The number of aliphatic hydroxyl groups excluding tert-OH is 4. The van der Waals surface area contributed by atoms with Crippen molar-refractivity contribution in [1.82, 2.24) is 0 Å². The van der Waals surface area contributed by atoms with Crippen LogP contribution < -0.4 is 10.3 Å². The van der Waals surface area contributed by atoms with E-state index in [1.54, 1.807) is 0 Å². The average Bonchev–Trinajstić information content (AvgIpc) is 2.78. The maximum absolute atomic E-state index is 12.5. The van der Waals surface area contributed by atoms with Crippen molar-refractivity contribution in [2.45, 2.75) is 30.7 Å². The summed E-state index contributed by atoms with van der Waals surface area (Å²) in [5.74, 6) is -1.45. The molecule has 0 saturated carbocycles. The second-order valence-corrected chi connectivity index (χ2v) is 7.37. The Kier molecular flexibility index (Phi) is 6.12. The number of phenols is 3. The Morgan fingerprint density at radius 3 is 2.33 bits per heavy atom. The molecule has 7 N–H and O–H groups in total. The van der Waals surface area contributed by atoms with E-state index in [4.69, 9.17) is 18.9 Å². The summed E-state index contributed by atoms with van der Waals surface area (Å²) in [7, 11) is 0. The predicted molar refractivity (Wildman–Crippen MR) is 108 cm³/mol.